The third-order valence-electron chi connectivity index (χ3n) is 8.33. The second-order valence-electron chi connectivity index (χ2n) is 10.5. The molecule has 2 aliphatic heterocycles. The molecule has 9 heteroatoms. The summed E-state index contributed by atoms with van der Waals surface area (Å²) in [6.07, 6.45) is -1.69. The maximum absolute atomic E-state index is 13.5. The van der Waals surface area contributed by atoms with Gasteiger partial charge in [-0.25, -0.2) is 0 Å². The molecule has 1 saturated heterocycles. The van der Waals surface area contributed by atoms with Crippen molar-refractivity contribution in [2.45, 2.75) is 44.8 Å². The molecular weight excluding hydrogens is 483 g/mol. The molecule has 0 amide bonds. The molecule has 1 aliphatic carbocycles. The number of benzene rings is 2. The number of alkyl halides is 3. The van der Waals surface area contributed by atoms with Crippen molar-refractivity contribution in [1.82, 2.24) is 0 Å². The summed E-state index contributed by atoms with van der Waals surface area (Å²) < 4.78 is 45.8. The van der Waals surface area contributed by atoms with E-state index < -0.39 is 36.2 Å². The van der Waals surface area contributed by atoms with Gasteiger partial charge in [-0.05, 0) is 66.8 Å². The van der Waals surface area contributed by atoms with Crippen molar-refractivity contribution in [1.29, 1.82) is 0 Å². The predicted octanol–water partition coefficient (Wildman–Crippen LogP) is 5.62. The van der Waals surface area contributed by atoms with E-state index in [1.807, 2.05) is 24.3 Å². The second-order valence-corrected chi connectivity index (χ2v) is 10.5. The molecule has 5 atom stereocenters. The van der Waals surface area contributed by atoms with Crippen LogP contribution in [0.4, 0.5) is 24.5 Å². The lowest BCUT2D eigenvalue weighted by atomic mass is 9.80. The summed E-state index contributed by atoms with van der Waals surface area (Å²) in [6, 6.07) is 14.8. The number of anilines is 2. The van der Waals surface area contributed by atoms with E-state index in [0.29, 0.717) is 23.4 Å². The van der Waals surface area contributed by atoms with Crippen LogP contribution in [0.15, 0.2) is 53.6 Å². The number of carboxylic acid groups (broad SMARTS) is 1. The number of piperidine rings is 1. The van der Waals surface area contributed by atoms with Crippen LogP contribution >= 0.6 is 0 Å². The molecule has 2 bridgehead atoms. The number of rotatable bonds is 7. The molecule has 0 radical (unpaired) electrons. The van der Waals surface area contributed by atoms with Gasteiger partial charge in [0.05, 0.1) is 25.3 Å². The average Bonchev–Trinajstić information content (AvgIpc) is 3.29. The molecule has 2 aromatic rings. The third kappa shape index (κ3) is 5.13. The zero-order valence-electron chi connectivity index (χ0n) is 21.0. The van der Waals surface area contributed by atoms with Crippen LogP contribution in [-0.2, 0) is 11.2 Å². The summed E-state index contributed by atoms with van der Waals surface area (Å²) in [5.74, 6) is 0.422. The Balaban J connectivity index is 1.29. The number of carboxylic acids is 1. The highest BCUT2D eigenvalue weighted by Gasteiger charge is 2.49. The number of ether oxygens (including phenoxy) is 1. The van der Waals surface area contributed by atoms with E-state index in [1.54, 1.807) is 19.2 Å². The average molecular weight is 516 g/mol. The lowest BCUT2D eigenvalue weighted by molar-refractivity contribution is -0.137. The Morgan fingerprint density at radius 1 is 1.08 bits per heavy atom. The molecule has 0 aromatic heterocycles. The first-order valence-corrected chi connectivity index (χ1v) is 12.8. The Hall–Kier alpha value is -3.23. The number of carbonyl (C=O) groups is 1. The summed E-state index contributed by atoms with van der Waals surface area (Å²) in [7, 11) is 1.68. The number of aliphatic carboxylic acids is 1. The summed E-state index contributed by atoms with van der Waals surface area (Å²) in [6.45, 7) is 3.40. The predicted molar refractivity (Wildman–Crippen MR) is 136 cm³/mol. The summed E-state index contributed by atoms with van der Waals surface area (Å²) in [5, 5.41) is 14.3. The fourth-order valence-electron chi connectivity index (χ4n) is 6.43. The minimum Gasteiger partial charge on any atom is -0.497 e. The molecule has 2 fully saturated rings. The minimum atomic E-state index is -4.59. The molecule has 2 aromatic carbocycles. The Morgan fingerprint density at radius 3 is 2.35 bits per heavy atom. The number of hydrogen-bond donors (Lipinski definition) is 1. The molecular formula is C28H32F3N3O3. The van der Waals surface area contributed by atoms with Crippen LogP contribution in [0.25, 0.3) is 0 Å². The number of nitrogens with zero attached hydrogens (tertiary/aromatic N) is 3. The van der Waals surface area contributed by atoms with Crippen molar-refractivity contribution in [2.75, 3.05) is 30.1 Å². The Labute approximate surface area is 214 Å². The SMILES string of the molecule is COc1cccc(N2C[C@H]3CC[C@@H](C2)C3Cc2ccc(N3N=C(C(F)(F)F)[C@@H](C)[C@@H]3CC(=O)O)cc2)c1. The lowest BCUT2D eigenvalue weighted by Gasteiger charge is -2.39. The topological polar surface area (TPSA) is 65.4 Å². The normalized spacial score (nSPS) is 27.4. The van der Waals surface area contributed by atoms with E-state index in [0.717, 1.165) is 30.8 Å². The monoisotopic (exact) mass is 515 g/mol. The smallest absolute Gasteiger partial charge is 0.431 e. The van der Waals surface area contributed by atoms with E-state index in [4.69, 9.17) is 4.74 Å². The van der Waals surface area contributed by atoms with Crippen LogP contribution in [0.3, 0.4) is 0 Å². The first-order valence-electron chi connectivity index (χ1n) is 12.8. The summed E-state index contributed by atoms with van der Waals surface area (Å²) in [5.41, 5.74) is 1.88. The fourth-order valence-corrected chi connectivity index (χ4v) is 6.43. The van der Waals surface area contributed by atoms with Gasteiger partial charge >= 0.3 is 12.1 Å². The van der Waals surface area contributed by atoms with Crippen LogP contribution in [-0.4, -0.2) is 49.2 Å². The molecule has 0 spiro atoms. The van der Waals surface area contributed by atoms with Crippen LogP contribution in [0.1, 0.15) is 31.7 Å². The number of halogens is 3. The summed E-state index contributed by atoms with van der Waals surface area (Å²) in [4.78, 5) is 13.8. The van der Waals surface area contributed by atoms with Crippen molar-refractivity contribution in [3.8, 4) is 5.75 Å². The number of methoxy groups -OCH3 is 1. The van der Waals surface area contributed by atoms with Gasteiger partial charge in [0.1, 0.15) is 11.5 Å². The molecule has 198 valence electrons. The van der Waals surface area contributed by atoms with E-state index in [2.05, 4.69) is 22.1 Å². The maximum atomic E-state index is 13.5. The van der Waals surface area contributed by atoms with Crippen LogP contribution in [0, 0.1) is 23.7 Å². The number of hydrazone groups is 1. The second kappa shape index (κ2) is 9.91. The fraction of sp³-hybridized carbons (Fsp3) is 0.500. The van der Waals surface area contributed by atoms with Crippen molar-refractivity contribution < 1.29 is 27.8 Å². The zero-order valence-corrected chi connectivity index (χ0v) is 21.0. The minimum absolute atomic E-state index is 0.415. The van der Waals surface area contributed by atoms with E-state index in [1.165, 1.54) is 30.5 Å². The van der Waals surface area contributed by atoms with Crippen LogP contribution in [0.5, 0.6) is 5.75 Å². The van der Waals surface area contributed by atoms with Gasteiger partial charge in [-0.3, -0.25) is 9.80 Å². The molecule has 1 unspecified atom stereocenters. The Kier molecular flexibility index (Phi) is 6.81. The molecule has 2 heterocycles. The molecule has 3 aliphatic rings. The van der Waals surface area contributed by atoms with Crippen LogP contribution < -0.4 is 14.6 Å². The van der Waals surface area contributed by atoms with Gasteiger partial charge in [0.15, 0.2) is 0 Å². The molecule has 37 heavy (non-hydrogen) atoms. The quantitative estimate of drug-likeness (QED) is 0.519. The first kappa shape index (κ1) is 25.4. The van der Waals surface area contributed by atoms with E-state index >= 15 is 0 Å². The first-order chi connectivity index (χ1) is 17.6. The van der Waals surface area contributed by atoms with Crippen molar-refractivity contribution in [3.05, 3.63) is 54.1 Å². The largest absolute Gasteiger partial charge is 0.497 e. The van der Waals surface area contributed by atoms with Gasteiger partial charge in [-0.15, -0.1) is 0 Å². The molecule has 6 nitrogen and oxygen atoms in total. The molecule has 1 saturated carbocycles. The maximum Gasteiger partial charge on any atom is 0.431 e. The number of hydrogen-bond acceptors (Lipinski definition) is 5. The highest BCUT2D eigenvalue weighted by atomic mass is 19.4. The highest BCUT2D eigenvalue weighted by molar-refractivity contribution is 5.95. The standard InChI is InChI=1S/C28H32F3N3O3/c1-17-25(14-26(35)36)34(32-27(17)28(29,30)31)21-10-6-18(7-11-21)12-24-19-8-9-20(24)16-33(15-19)22-4-3-5-23(13-22)37-2/h3-7,10-11,13,17,19-20,24-25H,8-9,12,14-16H2,1-2H3,(H,35,36)/t17-,19-,20+,24?,25-/m0/s1. The van der Waals surface area contributed by atoms with E-state index in [9.17, 15) is 23.1 Å². The summed E-state index contributed by atoms with van der Waals surface area (Å²) >= 11 is 0. The number of fused-ring (bicyclic) bond motifs is 2. The third-order valence-corrected chi connectivity index (χ3v) is 8.33. The Bertz CT molecular complexity index is 1150. The lowest BCUT2D eigenvalue weighted by Crippen LogP contribution is -2.42. The van der Waals surface area contributed by atoms with E-state index in [-0.39, 0.29) is 0 Å². The highest BCUT2D eigenvalue weighted by Crippen LogP contribution is 2.45. The van der Waals surface area contributed by atoms with Gasteiger partial charge in [0.2, 0.25) is 0 Å². The van der Waals surface area contributed by atoms with Gasteiger partial charge in [0.25, 0.3) is 0 Å². The molecule has 1 N–H and O–H groups in total. The van der Waals surface area contributed by atoms with Gasteiger partial charge in [-0.1, -0.05) is 25.1 Å². The van der Waals surface area contributed by atoms with Crippen molar-refractivity contribution in [2.24, 2.45) is 28.8 Å². The van der Waals surface area contributed by atoms with Crippen LogP contribution in [0.2, 0.25) is 0 Å². The zero-order chi connectivity index (χ0) is 26.3. The van der Waals surface area contributed by atoms with Gasteiger partial charge in [-0.2, -0.15) is 18.3 Å². The van der Waals surface area contributed by atoms with Crippen molar-refractivity contribution >= 4 is 23.1 Å². The van der Waals surface area contributed by atoms with Gasteiger partial charge < -0.3 is 14.7 Å². The Morgan fingerprint density at radius 2 is 1.76 bits per heavy atom. The van der Waals surface area contributed by atoms with Gasteiger partial charge in [0, 0.05) is 30.8 Å². The van der Waals surface area contributed by atoms with Crippen molar-refractivity contribution in [3.63, 3.8) is 0 Å². The molecule has 5 rings (SSSR count).